The molecule has 0 spiro atoms. The van der Waals surface area contributed by atoms with E-state index in [1.807, 2.05) is 0 Å². The second-order valence-electron chi connectivity index (χ2n) is 7.21. The van der Waals surface area contributed by atoms with Gasteiger partial charge in [-0.3, -0.25) is 4.72 Å². The molecule has 3 aromatic rings. The van der Waals surface area contributed by atoms with E-state index in [1.54, 1.807) is 6.07 Å². The maximum absolute atomic E-state index is 13.9. The number of nitrogens with zero attached hydrogens (tertiary/aromatic N) is 1. The molecule has 1 aliphatic heterocycles. The zero-order valence-electron chi connectivity index (χ0n) is 16.4. The lowest BCUT2D eigenvalue weighted by molar-refractivity contribution is 0.391. The molecular weight excluding hydrogens is 465 g/mol. The smallest absolute Gasteiger partial charge is 0.264 e. The van der Waals surface area contributed by atoms with Gasteiger partial charge in [-0.2, -0.15) is 4.31 Å². The Morgan fingerprint density at radius 2 is 1.47 bits per heavy atom. The lowest BCUT2D eigenvalue weighted by Crippen LogP contribution is -2.36. The summed E-state index contributed by atoms with van der Waals surface area (Å²) in [4.78, 5) is -0.761. The number of hydrogen-bond acceptors (Lipinski definition) is 4. The highest BCUT2D eigenvalue weighted by atomic mass is 32.2. The maximum atomic E-state index is 13.9. The maximum Gasteiger partial charge on any atom is 0.264 e. The van der Waals surface area contributed by atoms with Crippen molar-refractivity contribution >= 4 is 25.7 Å². The molecule has 1 aliphatic rings. The van der Waals surface area contributed by atoms with E-state index >= 15 is 0 Å². The van der Waals surface area contributed by atoms with E-state index in [0.717, 1.165) is 29.8 Å². The average molecular weight is 483 g/mol. The summed E-state index contributed by atoms with van der Waals surface area (Å²) in [5.74, 6) is -2.69. The Labute approximate surface area is 183 Å². The highest BCUT2D eigenvalue weighted by molar-refractivity contribution is 7.92. The van der Waals surface area contributed by atoms with Crippen molar-refractivity contribution < 1.29 is 30.0 Å². The largest absolute Gasteiger partial charge is 0.280 e. The van der Waals surface area contributed by atoms with E-state index < -0.39 is 42.4 Å². The van der Waals surface area contributed by atoms with Gasteiger partial charge in [-0.1, -0.05) is 6.07 Å². The number of sulfonamides is 2. The SMILES string of the molecule is O=S(=O)(Nc1ccc2c(c1)CN(S(=O)(=O)c1ccc(F)cc1)CC2)c1ccc(F)cc1F. The Morgan fingerprint density at radius 1 is 0.781 bits per heavy atom. The Morgan fingerprint density at radius 3 is 2.16 bits per heavy atom. The molecule has 6 nitrogen and oxygen atoms in total. The fraction of sp³-hybridized carbons (Fsp3) is 0.143. The monoisotopic (exact) mass is 482 g/mol. The van der Waals surface area contributed by atoms with Crippen LogP contribution in [0.25, 0.3) is 0 Å². The van der Waals surface area contributed by atoms with Gasteiger partial charge in [0, 0.05) is 24.8 Å². The molecule has 0 radical (unpaired) electrons. The quantitative estimate of drug-likeness (QED) is 0.602. The number of rotatable bonds is 5. The van der Waals surface area contributed by atoms with Crippen LogP contribution in [0.1, 0.15) is 11.1 Å². The van der Waals surface area contributed by atoms with Gasteiger partial charge >= 0.3 is 0 Å². The number of hydrogen-bond donors (Lipinski definition) is 1. The lowest BCUT2D eigenvalue weighted by Gasteiger charge is -2.28. The highest BCUT2D eigenvalue weighted by Crippen LogP contribution is 2.28. The van der Waals surface area contributed by atoms with Crippen LogP contribution in [0.4, 0.5) is 18.9 Å². The van der Waals surface area contributed by atoms with Crippen LogP contribution in [0.3, 0.4) is 0 Å². The van der Waals surface area contributed by atoms with Gasteiger partial charge in [-0.15, -0.1) is 0 Å². The second-order valence-corrected chi connectivity index (χ2v) is 10.8. The summed E-state index contributed by atoms with van der Waals surface area (Å²) in [5, 5.41) is 0. The highest BCUT2D eigenvalue weighted by Gasteiger charge is 2.29. The molecule has 0 unspecified atom stereocenters. The first-order valence-corrected chi connectivity index (χ1v) is 12.3. The molecule has 0 bridgehead atoms. The van der Waals surface area contributed by atoms with Gasteiger partial charge < -0.3 is 0 Å². The molecule has 0 fully saturated rings. The molecule has 0 amide bonds. The zero-order valence-corrected chi connectivity index (χ0v) is 18.1. The van der Waals surface area contributed by atoms with Gasteiger partial charge in [-0.25, -0.2) is 30.0 Å². The van der Waals surface area contributed by atoms with Crippen LogP contribution < -0.4 is 4.72 Å². The summed E-state index contributed by atoms with van der Waals surface area (Å²) in [5.41, 5.74) is 1.52. The van der Waals surface area contributed by atoms with E-state index in [9.17, 15) is 30.0 Å². The molecule has 1 N–H and O–H groups in total. The van der Waals surface area contributed by atoms with Gasteiger partial charge in [0.05, 0.1) is 4.90 Å². The first-order chi connectivity index (χ1) is 15.1. The molecular formula is C21H17F3N2O4S2. The Balaban J connectivity index is 1.60. The van der Waals surface area contributed by atoms with E-state index in [0.29, 0.717) is 18.1 Å². The van der Waals surface area contributed by atoms with Crippen LogP contribution in [0.15, 0.2) is 70.5 Å². The van der Waals surface area contributed by atoms with Gasteiger partial charge in [0.15, 0.2) is 0 Å². The lowest BCUT2D eigenvalue weighted by atomic mass is 10.0. The number of fused-ring (bicyclic) bond motifs is 1. The molecule has 3 aromatic carbocycles. The van der Waals surface area contributed by atoms with E-state index in [2.05, 4.69) is 4.72 Å². The van der Waals surface area contributed by atoms with E-state index in [1.165, 1.54) is 28.6 Å². The predicted molar refractivity (Wildman–Crippen MR) is 111 cm³/mol. The van der Waals surface area contributed by atoms with Crippen molar-refractivity contribution in [3.8, 4) is 0 Å². The molecule has 0 saturated heterocycles. The fourth-order valence-electron chi connectivity index (χ4n) is 3.46. The standard InChI is InChI=1S/C21H17F3N2O4S2/c22-16-2-6-19(7-3-16)32(29,30)26-10-9-14-1-5-18(11-15(14)13-26)25-31(27,28)21-8-4-17(23)12-20(21)24/h1-8,11-12,25H,9-10,13H2. The molecule has 0 aliphatic carbocycles. The first-order valence-electron chi connectivity index (χ1n) is 9.42. The zero-order chi connectivity index (χ0) is 23.1. The summed E-state index contributed by atoms with van der Waals surface area (Å²) in [6.45, 7) is 0.189. The van der Waals surface area contributed by atoms with Crippen molar-refractivity contribution in [3.63, 3.8) is 0 Å². The molecule has 4 rings (SSSR count). The van der Waals surface area contributed by atoms with Crippen LogP contribution in [0, 0.1) is 17.5 Å². The first kappa shape index (κ1) is 22.3. The molecule has 11 heteroatoms. The van der Waals surface area contributed by atoms with Crippen LogP contribution >= 0.6 is 0 Å². The second kappa shape index (κ2) is 8.23. The van der Waals surface area contributed by atoms with Crippen molar-refractivity contribution in [2.24, 2.45) is 0 Å². The van der Waals surface area contributed by atoms with Crippen LogP contribution in [-0.2, 0) is 33.0 Å². The Hall–Kier alpha value is -2.89. The molecule has 0 saturated carbocycles. The van der Waals surface area contributed by atoms with E-state index in [-0.39, 0.29) is 23.7 Å². The molecule has 0 aromatic heterocycles. The summed E-state index contributed by atoms with van der Waals surface area (Å²) in [6.07, 6.45) is 0.398. The fourth-order valence-corrected chi connectivity index (χ4v) is 5.99. The third-order valence-corrected chi connectivity index (χ3v) is 8.34. The number of benzene rings is 3. The van der Waals surface area contributed by atoms with Crippen molar-refractivity contribution in [2.45, 2.75) is 22.8 Å². The third-order valence-electron chi connectivity index (χ3n) is 5.07. The molecule has 1 heterocycles. The van der Waals surface area contributed by atoms with Crippen molar-refractivity contribution in [2.75, 3.05) is 11.3 Å². The summed E-state index contributed by atoms with van der Waals surface area (Å²) < 4.78 is 94.5. The van der Waals surface area contributed by atoms with Crippen molar-refractivity contribution in [1.29, 1.82) is 0 Å². The van der Waals surface area contributed by atoms with Crippen LogP contribution in [0.5, 0.6) is 0 Å². The summed E-state index contributed by atoms with van der Waals surface area (Å²) in [6, 6.07) is 11.2. The van der Waals surface area contributed by atoms with Gasteiger partial charge in [0.2, 0.25) is 10.0 Å². The molecule has 168 valence electrons. The van der Waals surface area contributed by atoms with Crippen LogP contribution in [-0.4, -0.2) is 27.7 Å². The van der Waals surface area contributed by atoms with Gasteiger partial charge in [-0.05, 0) is 66.1 Å². The number of nitrogens with one attached hydrogen (secondary N) is 1. The van der Waals surface area contributed by atoms with Crippen molar-refractivity contribution in [3.05, 3.63) is 89.2 Å². The van der Waals surface area contributed by atoms with Gasteiger partial charge in [0.25, 0.3) is 10.0 Å². The number of halogens is 3. The Bertz CT molecular complexity index is 1390. The number of anilines is 1. The minimum Gasteiger partial charge on any atom is -0.280 e. The normalized spacial score (nSPS) is 14.7. The van der Waals surface area contributed by atoms with E-state index in [4.69, 9.17) is 0 Å². The molecule has 0 atom stereocenters. The Kier molecular flexibility index (Phi) is 5.74. The summed E-state index contributed by atoms with van der Waals surface area (Å²) >= 11 is 0. The predicted octanol–water partition coefficient (Wildman–Crippen LogP) is 3.65. The van der Waals surface area contributed by atoms with Crippen molar-refractivity contribution in [1.82, 2.24) is 4.31 Å². The topological polar surface area (TPSA) is 83.6 Å². The minimum absolute atomic E-state index is 0.0183. The summed E-state index contributed by atoms with van der Waals surface area (Å²) in [7, 11) is -8.21. The average Bonchev–Trinajstić information content (AvgIpc) is 2.73. The third kappa shape index (κ3) is 4.36. The van der Waals surface area contributed by atoms with Gasteiger partial charge in [0.1, 0.15) is 22.3 Å². The van der Waals surface area contributed by atoms with Crippen LogP contribution in [0.2, 0.25) is 0 Å². The minimum atomic E-state index is -4.34. The molecule has 32 heavy (non-hydrogen) atoms.